The second-order valence-electron chi connectivity index (χ2n) is 41.0. The summed E-state index contributed by atoms with van der Waals surface area (Å²) in [6, 6.07) is 14.0. The van der Waals surface area contributed by atoms with E-state index in [9.17, 15) is 50.3 Å². The van der Waals surface area contributed by atoms with Crippen molar-refractivity contribution in [3.05, 3.63) is 162 Å². The van der Waals surface area contributed by atoms with E-state index in [4.69, 9.17) is 11.6 Å². The van der Waals surface area contributed by atoms with Crippen LogP contribution in [0.25, 0.3) is 113 Å². The molecule has 9 saturated carbocycles. The Morgan fingerprint density at radius 1 is 0.388 bits per heavy atom. The van der Waals surface area contributed by atoms with Gasteiger partial charge in [-0.25, -0.2) is 101 Å². The number of ketones is 3. The molecule has 0 radical (unpaired) electrons. The number of halogens is 7. The molecule has 10 atom stereocenters. The molecule has 35 nitrogen and oxygen atoms in total. The minimum absolute atomic E-state index is 0.0608. The fourth-order valence-corrected chi connectivity index (χ4v) is 24.2. The van der Waals surface area contributed by atoms with E-state index in [1.54, 1.807) is 57.6 Å². The number of nitrogens with one attached hydrogen (secondary N) is 8. The molecule has 42 heteroatoms. The molecule has 9 aliphatic carbocycles. The van der Waals surface area contributed by atoms with E-state index in [1.165, 1.54) is 24.7 Å². The summed E-state index contributed by atoms with van der Waals surface area (Å²) in [7, 11) is 0. The van der Waals surface area contributed by atoms with Crippen molar-refractivity contribution in [3.8, 4) is 57.6 Å². The largest absolute Gasteiger partial charge is 0.365 e. The lowest BCUT2D eigenvalue weighted by Crippen LogP contribution is -2.51. The summed E-state index contributed by atoms with van der Waals surface area (Å²) in [6.45, 7) is 10.5. The Hall–Kier alpha value is -14.3. The average Bonchev–Trinajstić information content (AvgIpc) is 1.73. The van der Waals surface area contributed by atoms with E-state index in [0.717, 1.165) is 221 Å². The molecule has 3 unspecified atom stereocenters. The summed E-state index contributed by atoms with van der Waals surface area (Å²) in [6.07, 6.45) is 40.2. The first-order chi connectivity index (χ1) is 71.3. The lowest BCUT2D eigenvalue weighted by Gasteiger charge is -2.48. The van der Waals surface area contributed by atoms with Crippen molar-refractivity contribution in [1.29, 1.82) is 0 Å². The lowest BCUT2D eigenvalue weighted by molar-refractivity contribution is -0.132. The number of H-pyrrole nitrogens is 5. The maximum atomic E-state index is 14.6. The molecular weight excluding hydrogens is 1910 g/mol. The summed E-state index contributed by atoms with van der Waals surface area (Å²) in [5, 5.41) is 48.8. The van der Waals surface area contributed by atoms with Gasteiger partial charge in [0.05, 0.1) is 64.4 Å². The molecule has 764 valence electrons. The van der Waals surface area contributed by atoms with Gasteiger partial charge in [0.2, 0.25) is 11.8 Å². The van der Waals surface area contributed by atoms with E-state index in [1.807, 2.05) is 41.0 Å². The van der Waals surface area contributed by atoms with Crippen LogP contribution >= 0.6 is 11.6 Å². The average molecular weight is 2030 g/mol. The zero-order valence-electron chi connectivity index (χ0n) is 82.1. The summed E-state index contributed by atoms with van der Waals surface area (Å²) >= 11 is 6.04. The first-order valence-electron chi connectivity index (χ1n) is 51.2. The number of anilines is 3. The second kappa shape index (κ2) is 44.2. The number of rotatable bonds is 22. The maximum absolute atomic E-state index is 14.6. The van der Waals surface area contributed by atoms with E-state index in [2.05, 4.69) is 142 Å². The van der Waals surface area contributed by atoms with E-state index < -0.39 is 40.3 Å². The number of Topliss-reactive ketones (excluding diaryl/α,β-unsaturated/α-hetero) is 3. The number of hydrogen-bond acceptors (Lipinski definition) is 28. The van der Waals surface area contributed by atoms with Gasteiger partial charge in [-0.3, -0.25) is 49.5 Å². The van der Waals surface area contributed by atoms with Crippen LogP contribution < -0.4 is 16.0 Å². The number of hydrogen-bond donors (Lipinski definition) is 8. The number of carbonyl (C=O) groups excluding carboxylic acids is 5. The number of likely N-dealkylation sites (tertiary alicyclic amines) is 2. The molecule has 4 bridgehead atoms. The molecule has 2 aliphatic heterocycles. The number of pyridine rings is 5. The highest BCUT2D eigenvalue weighted by Crippen LogP contribution is 2.50. The Balaban J connectivity index is 0.000000112. The van der Waals surface area contributed by atoms with Crippen LogP contribution in [0.4, 0.5) is 43.8 Å². The first-order valence-corrected chi connectivity index (χ1v) is 51.6. The summed E-state index contributed by atoms with van der Waals surface area (Å²) in [5.41, 5.74) is 5.53. The highest BCUT2D eigenvalue weighted by Gasteiger charge is 2.49. The van der Waals surface area contributed by atoms with Gasteiger partial charge in [0, 0.05) is 115 Å². The zero-order chi connectivity index (χ0) is 102. The highest BCUT2D eigenvalue weighted by molar-refractivity contribution is 6.31. The predicted molar refractivity (Wildman–Crippen MR) is 537 cm³/mol. The Kier molecular flexibility index (Phi) is 30.1. The van der Waals surface area contributed by atoms with Crippen molar-refractivity contribution in [2.24, 2.45) is 64.6 Å². The number of amides is 2. The number of aromatic nitrogens is 25. The molecule has 17 heterocycles. The highest BCUT2D eigenvalue weighted by atomic mass is 35.5. The molecule has 26 rings (SSSR count). The lowest BCUT2D eigenvalue weighted by atomic mass is 9.60. The van der Waals surface area contributed by atoms with Gasteiger partial charge in [0.15, 0.2) is 104 Å². The summed E-state index contributed by atoms with van der Waals surface area (Å²) in [4.78, 5) is 129. The number of nitrogens with zero attached hydrogens (tertiary/aromatic N) is 22. The molecule has 8 N–H and O–H groups in total. The molecule has 15 aromatic rings. The Morgan fingerprint density at radius 2 is 0.769 bits per heavy atom. The fraction of sp³-hybridized carbons (Fsp3) is 0.476. The van der Waals surface area contributed by atoms with Crippen LogP contribution in [0.1, 0.15) is 206 Å². The Morgan fingerprint density at radius 3 is 1.22 bits per heavy atom. The topological polar surface area (TPSA) is 465 Å². The maximum Gasteiger partial charge on any atom is 0.222 e. The summed E-state index contributed by atoms with van der Waals surface area (Å²) in [5.74, 6) is 2.60. The molecule has 11 aliphatic rings. The molecule has 0 spiro atoms. The van der Waals surface area contributed by atoms with Gasteiger partial charge in [0.25, 0.3) is 0 Å². The predicted octanol–water partition coefficient (Wildman–Crippen LogP) is 18.8. The van der Waals surface area contributed by atoms with Crippen molar-refractivity contribution >= 4 is 113 Å². The third-order valence-electron chi connectivity index (χ3n) is 31.7. The van der Waals surface area contributed by atoms with E-state index >= 15 is 0 Å². The van der Waals surface area contributed by atoms with Crippen LogP contribution in [0.3, 0.4) is 0 Å². The third-order valence-corrected chi connectivity index (χ3v) is 31.9. The van der Waals surface area contributed by atoms with Crippen LogP contribution in [-0.4, -0.2) is 209 Å². The summed E-state index contributed by atoms with van der Waals surface area (Å²) < 4.78 is 86.3. The van der Waals surface area contributed by atoms with E-state index in [0.29, 0.717) is 168 Å². The van der Waals surface area contributed by atoms with Gasteiger partial charge < -0.3 is 25.8 Å². The van der Waals surface area contributed by atoms with Crippen molar-refractivity contribution in [2.75, 3.05) is 42.1 Å². The van der Waals surface area contributed by atoms with Gasteiger partial charge >= 0.3 is 0 Å². The van der Waals surface area contributed by atoms with Gasteiger partial charge in [-0.05, 0) is 251 Å². The molecule has 2 saturated heterocycles. The first kappa shape index (κ1) is 100. The SMILES string of the molecule is CC(=O)[C@@H]1C2CCC(CC2)C1Nc1nc(-c2[nH]nc3ncccc23)ncc1F.CC(=O)[C@@]1(C)CCCC[C@@H]1Cc1nc(-c2[nH]nc3ncc(Cl)cc23)ncc1F.CC(=O)[C@H]1C2CCC(CC2)C1Nc1nc(-c2[nH]nc3ncccc23)ncc1F.O=C(C[C@@H]1CCCC(Nc2nc(-c3[nH]nc4ncccc34)ncc2F)C1)N1CCCC1.O=C(C[C@@H]1CCC[C@H](Cc2nc(-c3[nH]nc4ncc(F)cc34)ncc2F)C1)N1CCCC1. The Labute approximate surface area is 846 Å². The molecule has 2 amide bonds. The quantitative estimate of drug-likeness (QED) is 0.0292. The van der Waals surface area contributed by atoms with Crippen LogP contribution in [0.5, 0.6) is 0 Å². The van der Waals surface area contributed by atoms with Crippen LogP contribution in [0, 0.1) is 99.5 Å². The van der Waals surface area contributed by atoms with Crippen LogP contribution in [-0.2, 0) is 36.8 Å². The van der Waals surface area contributed by atoms with Crippen molar-refractivity contribution in [1.82, 2.24) is 136 Å². The molecule has 11 fully saturated rings. The standard InChI is InChI=1S/C23H26F2N6O.C22H26FN7O.C20H21ClFN5O.2C20H21FN6O/c24-16-11-17-21(29-30-22(17)26-12-16)23-27-13-18(25)19(28-23)9-14-4-3-5-15(8-14)10-20(32)31-6-1-2-7-31;23-17-13-25-22(19-16-7-4-8-24-20(16)29-28-19)27-21(17)26-15-6-3-5-14(11-15)12-18(31)30-9-1-2-10-30;1-11(28)20(2)6-4-3-5-12(20)7-16-15(22)10-24-19(25-16)17-14-8-13(21)9-23-18(14)27-26-17;2*1-10(28)15-11-4-6-12(7-5-11)16(15)24-19-14(21)9-23-20(25-19)17-13-3-2-8-22-18(13)27-26-17/h11-15H,1-10H2,(H,26,29,30);4,7-8,13-15H,1-3,5-6,9-12H2,(H,24,28,29)(H,25,26,27);8-10,12H,3-7H2,1-2H3,(H,23,26,27);2*2-3,8-9,11-12,15-16H,4-7H2,1H3,(H,22,26,27)(H,23,24,25)/t14-,15+;14-,15?;12-,20-;2*11?,12?,15-,16?/m01110/s1. The minimum Gasteiger partial charge on any atom is -0.365 e. The van der Waals surface area contributed by atoms with Gasteiger partial charge in [0.1, 0.15) is 51.6 Å². The van der Waals surface area contributed by atoms with Crippen LogP contribution in [0.2, 0.25) is 5.02 Å². The smallest absolute Gasteiger partial charge is 0.222 e. The third kappa shape index (κ3) is 22.1. The van der Waals surface area contributed by atoms with Crippen molar-refractivity contribution in [3.63, 3.8) is 0 Å². The fourth-order valence-electron chi connectivity index (χ4n) is 24.0. The van der Waals surface area contributed by atoms with Crippen molar-refractivity contribution < 1.29 is 50.3 Å². The van der Waals surface area contributed by atoms with Gasteiger partial charge in [-0.1, -0.05) is 50.6 Å². The molecular formula is C105H115ClF6N30O5. The van der Waals surface area contributed by atoms with E-state index in [-0.39, 0.29) is 94.2 Å². The zero-order valence-corrected chi connectivity index (χ0v) is 82.8. The monoisotopic (exact) mass is 2020 g/mol. The molecule has 15 aromatic heterocycles. The number of carbonyl (C=O) groups is 5. The molecule has 147 heavy (non-hydrogen) atoms. The van der Waals surface area contributed by atoms with Gasteiger partial charge in [-0.2, -0.15) is 25.5 Å². The Bertz CT molecular complexity index is 7150. The number of fused-ring (bicyclic) bond motifs is 11. The number of aromatic amines is 5. The normalized spacial score (nSPS) is 23.6. The minimum atomic E-state index is -0.519. The van der Waals surface area contributed by atoms with Crippen LogP contribution in [0.15, 0.2) is 110 Å². The van der Waals surface area contributed by atoms with Crippen molar-refractivity contribution in [2.45, 2.75) is 226 Å². The van der Waals surface area contributed by atoms with Gasteiger partial charge in [-0.15, -0.1) is 0 Å². The second-order valence-corrected chi connectivity index (χ2v) is 41.4. The molecule has 0 aromatic carbocycles.